The maximum Gasteiger partial charge on any atom is 0.246 e. The molecule has 1 saturated heterocycles. The van der Waals surface area contributed by atoms with Gasteiger partial charge in [-0.3, -0.25) is 14.5 Å². The van der Waals surface area contributed by atoms with Crippen LogP contribution in [0.25, 0.3) is 27.9 Å². The summed E-state index contributed by atoms with van der Waals surface area (Å²) in [6.45, 7) is 10.1. The second kappa shape index (κ2) is 9.57. The van der Waals surface area contributed by atoms with E-state index in [9.17, 15) is 9.59 Å². The number of amides is 2. The Morgan fingerprint density at radius 3 is 2.44 bits per heavy atom. The zero-order valence-corrected chi connectivity index (χ0v) is 19.2. The van der Waals surface area contributed by atoms with Crippen LogP contribution in [0, 0.1) is 0 Å². The third-order valence-electron chi connectivity index (χ3n) is 6.03. The monoisotopic (exact) mass is 432 g/mol. The number of para-hydroxylation sites is 1. The van der Waals surface area contributed by atoms with Gasteiger partial charge in [0.05, 0.1) is 6.54 Å². The molecule has 1 aliphatic heterocycles. The Bertz CT molecular complexity index is 1150. The largest absolute Gasteiger partial charge is 0.353 e. The highest BCUT2D eigenvalue weighted by Crippen LogP contribution is 2.30. The highest BCUT2D eigenvalue weighted by atomic mass is 16.2. The standard InChI is InChI=1S/C26H32N4O2/c1-4-30-23-8-6-5-7-21(23)22-17-20(9-11-24(22)30)10-12-26(32)29-15-13-28(14-16-29)18-25(31)27-19(2)3/h5-12,17,19H,4,13-16,18H2,1-3H3,(H,27,31)/b12-10+. The number of hydrogen-bond donors (Lipinski definition) is 1. The lowest BCUT2D eigenvalue weighted by Gasteiger charge is -2.33. The van der Waals surface area contributed by atoms with Crippen molar-refractivity contribution >= 4 is 39.7 Å². The fraction of sp³-hybridized carbons (Fsp3) is 0.385. The zero-order valence-electron chi connectivity index (χ0n) is 19.2. The summed E-state index contributed by atoms with van der Waals surface area (Å²) in [5.41, 5.74) is 3.48. The van der Waals surface area contributed by atoms with Crippen LogP contribution in [-0.2, 0) is 16.1 Å². The second-order valence-electron chi connectivity index (χ2n) is 8.69. The van der Waals surface area contributed by atoms with Crippen molar-refractivity contribution in [3.8, 4) is 0 Å². The molecule has 2 aromatic carbocycles. The van der Waals surface area contributed by atoms with E-state index in [1.165, 1.54) is 21.8 Å². The lowest BCUT2D eigenvalue weighted by molar-refractivity contribution is -0.128. The Kier molecular flexibility index (Phi) is 6.61. The lowest BCUT2D eigenvalue weighted by Crippen LogP contribution is -2.51. The van der Waals surface area contributed by atoms with E-state index in [1.807, 2.05) is 24.8 Å². The third kappa shape index (κ3) is 4.70. The van der Waals surface area contributed by atoms with Crippen LogP contribution < -0.4 is 5.32 Å². The zero-order chi connectivity index (χ0) is 22.7. The van der Waals surface area contributed by atoms with Crippen LogP contribution in [0.2, 0.25) is 0 Å². The summed E-state index contributed by atoms with van der Waals surface area (Å²) < 4.78 is 2.32. The summed E-state index contributed by atoms with van der Waals surface area (Å²) in [7, 11) is 0. The molecule has 1 N–H and O–H groups in total. The Morgan fingerprint density at radius 1 is 1.00 bits per heavy atom. The van der Waals surface area contributed by atoms with Crippen molar-refractivity contribution in [2.75, 3.05) is 32.7 Å². The molecule has 0 unspecified atom stereocenters. The Labute approximate surface area is 189 Å². The van der Waals surface area contributed by atoms with Gasteiger partial charge in [-0.05, 0) is 50.6 Å². The Morgan fingerprint density at radius 2 is 1.72 bits per heavy atom. The maximum absolute atomic E-state index is 12.7. The van der Waals surface area contributed by atoms with E-state index in [2.05, 4.69) is 64.2 Å². The number of nitrogens with zero attached hydrogens (tertiary/aromatic N) is 3. The van der Waals surface area contributed by atoms with Gasteiger partial charge in [0.15, 0.2) is 0 Å². The number of carbonyl (C=O) groups is 2. The number of aromatic nitrogens is 1. The second-order valence-corrected chi connectivity index (χ2v) is 8.69. The average Bonchev–Trinajstić information content (AvgIpc) is 3.10. The first-order chi connectivity index (χ1) is 15.5. The van der Waals surface area contributed by atoms with E-state index in [-0.39, 0.29) is 17.9 Å². The number of benzene rings is 2. The minimum absolute atomic E-state index is 0.0207. The van der Waals surface area contributed by atoms with Crippen LogP contribution in [0.5, 0.6) is 0 Å². The lowest BCUT2D eigenvalue weighted by atomic mass is 10.1. The smallest absolute Gasteiger partial charge is 0.246 e. The molecule has 0 aliphatic carbocycles. The van der Waals surface area contributed by atoms with Crippen LogP contribution in [0.4, 0.5) is 0 Å². The molecule has 0 bridgehead atoms. The highest BCUT2D eigenvalue weighted by molar-refractivity contribution is 6.08. The SMILES string of the molecule is CCn1c2ccccc2c2cc(/C=C/C(=O)N3CCN(CC(=O)NC(C)C)CC3)ccc21. The van der Waals surface area contributed by atoms with Gasteiger partial charge in [0.25, 0.3) is 0 Å². The van der Waals surface area contributed by atoms with Crippen LogP contribution >= 0.6 is 0 Å². The average molecular weight is 433 g/mol. The van der Waals surface area contributed by atoms with Crippen LogP contribution in [0.1, 0.15) is 26.3 Å². The maximum atomic E-state index is 12.7. The van der Waals surface area contributed by atoms with E-state index >= 15 is 0 Å². The van der Waals surface area contributed by atoms with E-state index in [1.54, 1.807) is 6.08 Å². The fourth-order valence-corrected chi connectivity index (χ4v) is 4.49. The molecule has 0 atom stereocenters. The first kappa shape index (κ1) is 22.1. The predicted octanol–water partition coefficient (Wildman–Crippen LogP) is 3.50. The molecule has 1 aliphatic rings. The minimum atomic E-state index is 0.0207. The van der Waals surface area contributed by atoms with Gasteiger partial charge < -0.3 is 14.8 Å². The molecule has 4 rings (SSSR count). The number of piperazine rings is 1. The highest BCUT2D eigenvalue weighted by Gasteiger charge is 2.21. The summed E-state index contributed by atoms with van der Waals surface area (Å²) in [5, 5.41) is 5.37. The predicted molar refractivity (Wildman–Crippen MR) is 130 cm³/mol. The summed E-state index contributed by atoms with van der Waals surface area (Å²) in [4.78, 5) is 28.6. The number of aryl methyl sites for hydroxylation is 1. The molecule has 0 spiro atoms. The topological polar surface area (TPSA) is 57.6 Å². The van der Waals surface area contributed by atoms with Crippen molar-refractivity contribution in [3.63, 3.8) is 0 Å². The van der Waals surface area contributed by atoms with Crippen molar-refractivity contribution in [2.45, 2.75) is 33.4 Å². The van der Waals surface area contributed by atoms with Gasteiger partial charge in [-0.25, -0.2) is 0 Å². The molecule has 1 fully saturated rings. The molecule has 2 amide bonds. The van der Waals surface area contributed by atoms with Crippen LogP contribution in [-0.4, -0.2) is 64.9 Å². The Hall–Kier alpha value is -3.12. The summed E-state index contributed by atoms with van der Waals surface area (Å²) in [6, 6.07) is 15.0. The summed E-state index contributed by atoms with van der Waals surface area (Å²) in [5.74, 6) is 0.0619. The molecule has 2 heterocycles. The van der Waals surface area contributed by atoms with E-state index in [0.717, 1.165) is 12.1 Å². The molecule has 0 saturated carbocycles. The van der Waals surface area contributed by atoms with Gasteiger partial charge in [-0.1, -0.05) is 24.3 Å². The van der Waals surface area contributed by atoms with Crippen molar-refractivity contribution in [3.05, 3.63) is 54.1 Å². The number of nitrogens with one attached hydrogen (secondary N) is 1. The number of fused-ring (bicyclic) bond motifs is 3. The summed E-state index contributed by atoms with van der Waals surface area (Å²) in [6.07, 6.45) is 3.57. The van der Waals surface area contributed by atoms with Gasteiger partial charge in [0, 0.05) is 66.6 Å². The van der Waals surface area contributed by atoms with Crippen molar-refractivity contribution in [1.82, 2.24) is 19.7 Å². The number of rotatable bonds is 6. The molecule has 0 radical (unpaired) electrons. The first-order valence-electron chi connectivity index (χ1n) is 11.5. The quantitative estimate of drug-likeness (QED) is 0.607. The van der Waals surface area contributed by atoms with Gasteiger partial charge in [-0.2, -0.15) is 0 Å². The van der Waals surface area contributed by atoms with Crippen LogP contribution in [0.15, 0.2) is 48.5 Å². The van der Waals surface area contributed by atoms with Crippen molar-refractivity contribution < 1.29 is 9.59 Å². The van der Waals surface area contributed by atoms with E-state index in [4.69, 9.17) is 0 Å². The molecule has 32 heavy (non-hydrogen) atoms. The molecule has 1 aromatic heterocycles. The molecular formula is C26H32N4O2. The first-order valence-corrected chi connectivity index (χ1v) is 11.5. The van der Waals surface area contributed by atoms with E-state index in [0.29, 0.717) is 32.7 Å². The molecule has 6 nitrogen and oxygen atoms in total. The van der Waals surface area contributed by atoms with Gasteiger partial charge in [0.1, 0.15) is 0 Å². The van der Waals surface area contributed by atoms with E-state index < -0.39 is 0 Å². The van der Waals surface area contributed by atoms with Crippen molar-refractivity contribution in [2.24, 2.45) is 0 Å². The van der Waals surface area contributed by atoms with Crippen molar-refractivity contribution in [1.29, 1.82) is 0 Å². The van der Waals surface area contributed by atoms with Gasteiger partial charge in [-0.15, -0.1) is 0 Å². The van der Waals surface area contributed by atoms with Gasteiger partial charge in [0.2, 0.25) is 11.8 Å². The molecule has 6 heteroatoms. The molecule has 3 aromatic rings. The normalized spacial score (nSPS) is 15.3. The summed E-state index contributed by atoms with van der Waals surface area (Å²) >= 11 is 0. The molecular weight excluding hydrogens is 400 g/mol. The fourth-order valence-electron chi connectivity index (χ4n) is 4.49. The van der Waals surface area contributed by atoms with Crippen LogP contribution in [0.3, 0.4) is 0 Å². The van der Waals surface area contributed by atoms with Gasteiger partial charge >= 0.3 is 0 Å². The molecule has 168 valence electrons. The minimum Gasteiger partial charge on any atom is -0.353 e. The number of carbonyl (C=O) groups excluding carboxylic acids is 2. The number of hydrogen-bond acceptors (Lipinski definition) is 3. The third-order valence-corrected chi connectivity index (χ3v) is 6.03. The Balaban J connectivity index is 1.41.